The van der Waals surface area contributed by atoms with Gasteiger partial charge in [0, 0.05) is 22.7 Å². The van der Waals surface area contributed by atoms with Crippen LogP contribution in [0.15, 0.2) is 18.2 Å². The van der Waals surface area contributed by atoms with Crippen LogP contribution in [0.2, 0.25) is 5.02 Å². The Hall–Kier alpha value is -1.48. The zero-order valence-electron chi connectivity index (χ0n) is 11.9. The molecule has 0 atom stereocenters. The molecular weight excluding hydrogens is 272 g/mol. The Bertz CT molecular complexity index is 634. The molecule has 1 aliphatic heterocycles. The van der Waals surface area contributed by atoms with Crippen molar-refractivity contribution in [3.8, 4) is 5.75 Å². The predicted molar refractivity (Wildman–Crippen MR) is 80.7 cm³/mol. The normalized spacial score (nSPS) is 13.3. The molecule has 4 heteroatoms. The lowest BCUT2D eigenvalue weighted by atomic mass is 10.1. The van der Waals surface area contributed by atoms with E-state index in [-0.39, 0.29) is 0 Å². The van der Waals surface area contributed by atoms with Gasteiger partial charge in [0.1, 0.15) is 5.75 Å². The average Bonchev–Trinajstić information content (AvgIpc) is 3.04. The monoisotopic (exact) mass is 290 g/mol. The molecule has 2 heterocycles. The van der Waals surface area contributed by atoms with Gasteiger partial charge in [0.2, 0.25) is 0 Å². The first-order valence-corrected chi connectivity index (χ1v) is 7.58. The summed E-state index contributed by atoms with van der Waals surface area (Å²) in [6.45, 7) is 5.77. The summed E-state index contributed by atoms with van der Waals surface area (Å²) in [4.78, 5) is 0. The smallest absolute Gasteiger partial charge is 0.127 e. The Morgan fingerprint density at radius 3 is 2.85 bits per heavy atom. The van der Waals surface area contributed by atoms with Crippen molar-refractivity contribution in [3.63, 3.8) is 0 Å². The summed E-state index contributed by atoms with van der Waals surface area (Å²) in [6, 6.07) is 6.19. The first-order valence-electron chi connectivity index (χ1n) is 7.21. The van der Waals surface area contributed by atoms with Crippen LogP contribution < -0.4 is 4.74 Å². The lowest BCUT2D eigenvalue weighted by Gasteiger charge is -2.11. The molecule has 0 bridgehead atoms. The van der Waals surface area contributed by atoms with Gasteiger partial charge in [-0.05, 0) is 36.6 Å². The minimum Gasteiger partial charge on any atom is -0.493 e. The standard InChI is InChI=1S/C16H19ClN2O/c1-3-14-9-15(4-2)19(18-14)10-12-8-13(17)7-11-5-6-20-16(11)12/h7-9H,3-6,10H2,1-2H3. The third kappa shape index (κ3) is 2.42. The molecule has 0 unspecified atom stereocenters. The van der Waals surface area contributed by atoms with Crippen LogP contribution in [-0.4, -0.2) is 16.4 Å². The fourth-order valence-electron chi connectivity index (χ4n) is 2.73. The molecule has 0 radical (unpaired) electrons. The second-order valence-electron chi connectivity index (χ2n) is 5.14. The number of rotatable bonds is 4. The molecule has 20 heavy (non-hydrogen) atoms. The largest absolute Gasteiger partial charge is 0.493 e. The van der Waals surface area contributed by atoms with Crippen molar-refractivity contribution in [2.75, 3.05) is 6.61 Å². The molecule has 3 nitrogen and oxygen atoms in total. The fraction of sp³-hybridized carbons (Fsp3) is 0.438. The van der Waals surface area contributed by atoms with Gasteiger partial charge in [0.05, 0.1) is 18.8 Å². The Morgan fingerprint density at radius 2 is 2.10 bits per heavy atom. The van der Waals surface area contributed by atoms with Gasteiger partial charge in [0.25, 0.3) is 0 Å². The number of hydrogen-bond donors (Lipinski definition) is 0. The minimum atomic E-state index is 0.728. The van der Waals surface area contributed by atoms with E-state index in [0.29, 0.717) is 0 Å². The van der Waals surface area contributed by atoms with E-state index in [2.05, 4.69) is 29.7 Å². The van der Waals surface area contributed by atoms with Crippen molar-refractivity contribution >= 4 is 11.6 Å². The summed E-state index contributed by atoms with van der Waals surface area (Å²) in [7, 11) is 0. The summed E-state index contributed by atoms with van der Waals surface area (Å²) in [6.07, 6.45) is 2.89. The quantitative estimate of drug-likeness (QED) is 0.859. The van der Waals surface area contributed by atoms with Gasteiger partial charge in [-0.25, -0.2) is 0 Å². The average molecular weight is 291 g/mol. The lowest BCUT2D eigenvalue weighted by molar-refractivity contribution is 0.352. The van der Waals surface area contributed by atoms with Gasteiger partial charge < -0.3 is 4.74 Å². The third-order valence-corrected chi connectivity index (χ3v) is 4.00. The summed E-state index contributed by atoms with van der Waals surface area (Å²) in [5, 5.41) is 5.45. The number of aryl methyl sites for hydroxylation is 2. The zero-order valence-corrected chi connectivity index (χ0v) is 12.7. The zero-order chi connectivity index (χ0) is 14.1. The Balaban J connectivity index is 1.97. The van der Waals surface area contributed by atoms with E-state index in [0.717, 1.165) is 54.4 Å². The van der Waals surface area contributed by atoms with Crippen molar-refractivity contribution in [1.29, 1.82) is 0 Å². The lowest BCUT2D eigenvalue weighted by Crippen LogP contribution is -2.07. The molecule has 2 aromatic rings. The highest BCUT2D eigenvalue weighted by molar-refractivity contribution is 6.30. The number of halogens is 1. The van der Waals surface area contributed by atoms with E-state index in [1.165, 1.54) is 11.3 Å². The van der Waals surface area contributed by atoms with E-state index >= 15 is 0 Å². The molecule has 0 N–H and O–H groups in total. The Labute approximate surface area is 124 Å². The minimum absolute atomic E-state index is 0.728. The van der Waals surface area contributed by atoms with E-state index in [1.807, 2.05) is 12.1 Å². The molecule has 0 saturated heterocycles. The molecule has 1 aliphatic rings. The molecule has 0 saturated carbocycles. The number of nitrogens with zero attached hydrogens (tertiary/aromatic N) is 2. The fourth-order valence-corrected chi connectivity index (χ4v) is 3.00. The first-order chi connectivity index (χ1) is 9.71. The number of aromatic nitrogens is 2. The molecule has 0 amide bonds. The van der Waals surface area contributed by atoms with E-state index in [4.69, 9.17) is 16.3 Å². The van der Waals surface area contributed by atoms with Gasteiger partial charge in [-0.2, -0.15) is 5.10 Å². The van der Waals surface area contributed by atoms with Crippen LogP contribution in [0, 0.1) is 0 Å². The number of hydrogen-bond acceptors (Lipinski definition) is 2. The molecule has 0 fully saturated rings. The second kappa shape index (κ2) is 5.49. The maximum absolute atomic E-state index is 6.22. The SMILES string of the molecule is CCc1cc(CC)n(Cc2cc(Cl)cc3c2OCC3)n1. The van der Waals surface area contributed by atoms with Crippen molar-refractivity contribution in [2.45, 2.75) is 39.7 Å². The predicted octanol–water partition coefficient (Wildman–Crippen LogP) is 3.64. The maximum Gasteiger partial charge on any atom is 0.127 e. The van der Waals surface area contributed by atoms with E-state index in [1.54, 1.807) is 0 Å². The number of fused-ring (bicyclic) bond motifs is 1. The van der Waals surface area contributed by atoms with Crippen LogP contribution in [0.4, 0.5) is 0 Å². The first kappa shape index (κ1) is 13.5. The van der Waals surface area contributed by atoms with Crippen molar-refractivity contribution in [2.24, 2.45) is 0 Å². The van der Waals surface area contributed by atoms with Crippen LogP contribution in [0.5, 0.6) is 5.75 Å². The topological polar surface area (TPSA) is 27.1 Å². The molecular formula is C16H19ClN2O. The van der Waals surface area contributed by atoms with Gasteiger partial charge in [-0.15, -0.1) is 0 Å². The van der Waals surface area contributed by atoms with Crippen LogP contribution >= 0.6 is 11.6 Å². The number of ether oxygens (including phenoxy) is 1. The molecule has 1 aromatic heterocycles. The highest BCUT2D eigenvalue weighted by Crippen LogP contribution is 2.33. The highest BCUT2D eigenvalue weighted by Gasteiger charge is 2.18. The van der Waals surface area contributed by atoms with Crippen molar-refractivity contribution in [3.05, 3.63) is 45.7 Å². The summed E-state index contributed by atoms with van der Waals surface area (Å²) < 4.78 is 7.84. The van der Waals surface area contributed by atoms with Crippen LogP contribution in [0.25, 0.3) is 0 Å². The van der Waals surface area contributed by atoms with E-state index < -0.39 is 0 Å². The second-order valence-corrected chi connectivity index (χ2v) is 5.58. The molecule has 0 aliphatic carbocycles. The Kier molecular flexibility index (Phi) is 3.70. The van der Waals surface area contributed by atoms with Crippen LogP contribution in [0.1, 0.15) is 36.4 Å². The maximum atomic E-state index is 6.22. The highest BCUT2D eigenvalue weighted by atomic mass is 35.5. The third-order valence-electron chi connectivity index (χ3n) is 3.78. The van der Waals surface area contributed by atoms with E-state index in [9.17, 15) is 0 Å². The molecule has 3 rings (SSSR count). The van der Waals surface area contributed by atoms with Gasteiger partial charge in [0.15, 0.2) is 0 Å². The summed E-state index contributed by atoms with van der Waals surface area (Å²) >= 11 is 6.22. The Morgan fingerprint density at radius 1 is 1.25 bits per heavy atom. The van der Waals surface area contributed by atoms with Gasteiger partial charge in [-0.3, -0.25) is 4.68 Å². The molecule has 106 valence electrons. The summed E-state index contributed by atoms with van der Waals surface area (Å²) in [5.41, 5.74) is 4.74. The van der Waals surface area contributed by atoms with Gasteiger partial charge in [-0.1, -0.05) is 25.4 Å². The van der Waals surface area contributed by atoms with Gasteiger partial charge >= 0.3 is 0 Å². The van der Waals surface area contributed by atoms with Crippen molar-refractivity contribution < 1.29 is 4.74 Å². The number of benzene rings is 1. The van der Waals surface area contributed by atoms with Crippen LogP contribution in [0.3, 0.4) is 0 Å². The summed E-state index contributed by atoms with van der Waals surface area (Å²) in [5.74, 6) is 1.00. The molecule has 1 aromatic carbocycles. The van der Waals surface area contributed by atoms with Crippen molar-refractivity contribution in [1.82, 2.24) is 9.78 Å². The molecule has 0 spiro atoms. The van der Waals surface area contributed by atoms with Crippen LogP contribution in [-0.2, 0) is 25.8 Å².